The van der Waals surface area contributed by atoms with Crippen molar-refractivity contribution in [2.45, 2.75) is 53.1 Å². The Balaban J connectivity index is 2.06. The third-order valence-electron chi connectivity index (χ3n) is 4.21. The molecule has 1 aromatic rings. The fraction of sp³-hybridized carbons (Fsp3) is 0.632. The van der Waals surface area contributed by atoms with Gasteiger partial charge in [-0.1, -0.05) is 32.0 Å². The number of anilines is 1. The Morgan fingerprint density at radius 2 is 1.57 bits per heavy atom. The van der Waals surface area contributed by atoms with E-state index in [1.807, 2.05) is 25.7 Å². The van der Waals surface area contributed by atoms with E-state index in [4.69, 9.17) is 4.74 Å². The molecular weight excluding hydrogens is 288 g/mol. The van der Waals surface area contributed by atoms with Gasteiger partial charge in [0, 0.05) is 31.9 Å². The van der Waals surface area contributed by atoms with Gasteiger partial charge in [0.25, 0.3) is 0 Å². The minimum Gasteiger partial charge on any atom is -0.444 e. The van der Waals surface area contributed by atoms with Crippen LogP contribution in [0.4, 0.5) is 10.5 Å². The fourth-order valence-corrected chi connectivity index (χ4v) is 3.06. The van der Waals surface area contributed by atoms with Gasteiger partial charge in [0.05, 0.1) is 0 Å². The van der Waals surface area contributed by atoms with Crippen LogP contribution in [0.1, 0.15) is 45.7 Å². The molecular formula is C19H30N2O2. The van der Waals surface area contributed by atoms with E-state index in [0.29, 0.717) is 0 Å². The van der Waals surface area contributed by atoms with Crippen LogP contribution in [-0.2, 0) is 17.6 Å². The van der Waals surface area contributed by atoms with Gasteiger partial charge in [-0.05, 0) is 44.7 Å². The number of para-hydroxylation sites is 1. The van der Waals surface area contributed by atoms with Crippen LogP contribution in [0, 0.1) is 0 Å². The minimum atomic E-state index is -0.432. The number of carbonyl (C=O) groups is 1. The Morgan fingerprint density at radius 1 is 1.04 bits per heavy atom. The predicted octanol–water partition coefficient (Wildman–Crippen LogP) is 3.87. The largest absolute Gasteiger partial charge is 0.444 e. The summed E-state index contributed by atoms with van der Waals surface area (Å²) in [4.78, 5) is 16.4. The molecule has 2 rings (SSSR count). The Labute approximate surface area is 140 Å². The summed E-state index contributed by atoms with van der Waals surface area (Å²) in [7, 11) is 0. The maximum atomic E-state index is 12.2. The van der Waals surface area contributed by atoms with E-state index in [2.05, 4.69) is 36.9 Å². The average molecular weight is 318 g/mol. The normalized spacial score (nSPS) is 15.7. The molecule has 0 unspecified atom stereocenters. The van der Waals surface area contributed by atoms with Crippen molar-refractivity contribution in [3.63, 3.8) is 0 Å². The number of aryl methyl sites for hydroxylation is 2. The highest BCUT2D eigenvalue weighted by molar-refractivity contribution is 5.69. The van der Waals surface area contributed by atoms with Crippen molar-refractivity contribution in [2.75, 3.05) is 31.1 Å². The molecule has 0 aromatic heterocycles. The van der Waals surface area contributed by atoms with Gasteiger partial charge in [0.15, 0.2) is 0 Å². The lowest BCUT2D eigenvalue weighted by Gasteiger charge is -2.38. The Hall–Kier alpha value is -1.71. The van der Waals surface area contributed by atoms with Crippen LogP contribution in [0.15, 0.2) is 18.2 Å². The van der Waals surface area contributed by atoms with Crippen molar-refractivity contribution in [3.05, 3.63) is 29.3 Å². The molecule has 0 spiro atoms. The van der Waals surface area contributed by atoms with Gasteiger partial charge >= 0.3 is 6.09 Å². The highest BCUT2D eigenvalue weighted by atomic mass is 16.6. The molecule has 1 aromatic carbocycles. The van der Waals surface area contributed by atoms with Crippen LogP contribution < -0.4 is 4.90 Å². The van der Waals surface area contributed by atoms with Gasteiger partial charge in [0.1, 0.15) is 5.60 Å². The Kier molecular flexibility index (Phi) is 5.55. The van der Waals surface area contributed by atoms with Crippen molar-refractivity contribution >= 4 is 11.8 Å². The van der Waals surface area contributed by atoms with Gasteiger partial charge in [0.2, 0.25) is 0 Å². The Bertz CT molecular complexity index is 519. The second kappa shape index (κ2) is 7.24. The quantitative estimate of drug-likeness (QED) is 0.848. The number of benzene rings is 1. The van der Waals surface area contributed by atoms with Gasteiger partial charge in [-0.15, -0.1) is 0 Å². The molecule has 0 N–H and O–H groups in total. The summed E-state index contributed by atoms with van der Waals surface area (Å²) in [6.07, 6.45) is 1.88. The molecule has 0 bridgehead atoms. The number of carbonyl (C=O) groups excluding carboxylic acids is 1. The number of rotatable bonds is 3. The van der Waals surface area contributed by atoms with Crippen molar-refractivity contribution in [1.29, 1.82) is 0 Å². The minimum absolute atomic E-state index is 0.198. The molecule has 4 nitrogen and oxygen atoms in total. The van der Waals surface area contributed by atoms with E-state index in [1.165, 1.54) is 16.8 Å². The van der Waals surface area contributed by atoms with E-state index < -0.39 is 5.60 Å². The summed E-state index contributed by atoms with van der Waals surface area (Å²) in [5.74, 6) is 0. The lowest BCUT2D eigenvalue weighted by atomic mass is 10.0. The van der Waals surface area contributed by atoms with Crippen molar-refractivity contribution in [1.82, 2.24) is 4.90 Å². The van der Waals surface area contributed by atoms with E-state index in [9.17, 15) is 4.79 Å². The zero-order valence-corrected chi connectivity index (χ0v) is 15.2. The van der Waals surface area contributed by atoms with Crippen LogP contribution in [-0.4, -0.2) is 42.8 Å². The third kappa shape index (κ3) is 4.40. The fourth-order valence-electron chi connectivity index (χ4n) is 3.06. The van der Waals surface area contributed by atoms with Gasteiger partial charge in [-0.25, -0.2) is 4.79 Å². The molecule has 4 heteroatoms. The molecule has 1 fully saturated rings. The number of hydrogen-bond acceptors (Lipinski definition) is 3. The average Bonchev–Trinajstić information content (AvgIpc) is 2.52. The van der Waals surface area contributed by atoms with Crippen LogP contribution in [0.25, 0.3) is 0 Å². The van der Waals surface area contributed by atoms with E-state index >= 15 is 0 Å². The van der Waals surface area contributed by atoms with Crippen LogP contribution in [0.3, 0.4) is 0 Å². The number of piperazine rings is 1. The van der Waals surface area contributed by atoms with E-state index in [0.717, 1.165) is 39.0 Å². The summed E-state index contributed by atoms with van der Waals surface area (Å²) in [6, 6.07) is 6.58. The third-order valence-corrected chi connectivity index (χ3v) is 4.21. The number of nitrogens with zero attached hydrogens (tertiary/aromatic N) is 2. The summed E-state index contributed by atoms with van der Waals surface area (Å²) >= 11 is 0. The molecule has 0 aliphatic carbocycles. The molecule has 128 valence electrons. The summed E-state index contributed by atoms with van der Waals surface area (Å²) in [5, 5.41) is 0. The van der Waals surface area contributed by atoms with Gasteiger partial charge in [-0.2, -0.15) is 0 Å². The molecule has 23 heavy (non-hydrogen) atoms. The molecule has 1 aliphatic heterocycles. The topological polar surface area (TPSA) is 32.8 Å². The SMILES string of the molecule is CCc1cccc(CC)c1N1CCN(C(=O)OC(C)(C)C)CC1. The van der Waals surface area contributed by atoms with Crippen LogP contribution >= 0.6 is 0 Å². The first-order valence-corrected chi connectivity index (χ1v) is 8.69. The molecule has 0 radical (unpaired) electrons. The molecule has 0 saturated carbocycles. The zero-order chi connectivity index (χ0) is 17.0. The first kappa shape index (κ1) is 17.6. The number of amides is 1. The zero-order valence-electron chi connectivity index (χ0n) is 15.2. The molecule has 1 aliphatic rings. The van der Waals surface area contributed by atoms with E-state index in [-0.39, 0.29) is 6.09 Å². The maximum absolute atomic E-state index is 12.2. The highest BCUT2D eigenvalue weighted by Gasteiger charge is 2.27. The van der Waals surface area contributed by atoms with Crippen LogP contribution in [0.2, 0.25) is 0 Å². The highest BCUT2D eigenvalue weighted by Crippen LogP contribution is 2.28. The lowest BCUT2D eigenvalue weighted by Crippen LogP contribution is -2.50. The summed E-state index contributed by atoms with van der Waals surface area (Å²) < 4.78 is 5.48. The first-order valence-electron chi connectivity index (χ1n) is 8.69. The lowest BCUT2D eigenvalue weighted by molar-refractivity contribution is 0.0240. The predicted molar refractivity (Wildman–Crippen MR) is 95.2 cm³/mol. The van der Waals surface area contributed by atoms with E-state index in [1.54, 1.807) is 0 Å². The van der Waals surface area contributed by atoms with Gasteiger partial charge < -0.3 is 14.5 Å². The number of ether oxygens (including phenoxy) is 1. The summed E-state index contributed by atoms with van der Waals surface area (Å²) in [6.45, 7) is 13.3. The second-order valence-corrected chi connectivity index (χ2v) is 7.09. The number of hydrogen-bond donors (Lipinski definition) is 0. The monoisotopic (exact) mass is 318 g/mol. The molecule has 0 atom stereocenters. The van der Waals surface area contributed by atoms with Crippen molar-refractivity contribution < 1.29 is 9.53 Å². The van der Waals surface area contributed by atoms with Crippen molar-refractivity contribution in [3.8, 4) is 0 Å². The second-order valence-electron chi connectivity index (χ2n) is 7.09. The van der Waals surface area contributed by atoms with Gasteiger partial charge in [-0.3, -0.25) is 0 Å². The Morgan fingerprint density at radius 3 is 2.00 bits per heavy atom. The standard InChI is InChI=1S/C19H30N2O2/c1-6-15-9-8-10-16(7-2)17(15)20-11-13-21(14-12-20)18(22)23-19(3,4)5/h8-10H,6-7,11-14H2,1-5H3. The smallest absolute Gasteiger partial charge is 0.410 e. The van der Waals surface area contributed by atoms with Crippen molar-refractivity contribution in [2.24, 2.45) is 0 Å². The first-order chi connectivity index (χ1) is 10.9. The maximum Gasteiger partial charge on any atom is 0.410 e. The molecule has 1 amide bonds. The summed E-state index contributed by atoms with van der Waals surface area (Å²) in [5.41, 5.74) is 3.74. The molecule has 1 saturated heterocycles. The van der Waals surface area contributed by atoms with Crippen LogP contribution in [0.5, 0.6) is 0 Å². The molecule has 1 heterocycles.